The van der Waals surface area contributed by atoms with Crippen molar-refractivity contribution in [2.24, 2.45) is 11.7 Å². The Morgan fingerprint density at radius 1 is 1.33 bits per heavy atom. The summed E-state index contributed by atoms with van der Waals surface area (Å²) in [7, 11) is 0. The fourth-order valence-electron chi connectivity index (χ4n) is 2.72. The van der Waals surface area contributed by atoms with Crippen molar-refractivity contribution < 1.29 is 4.74 Å². The number of rotatable bonds is 6. The van der Waals surface area contributed by atoms with E-state index >= 15 is 0 Å². The van der Waals surface area contributed by atoms with Crippen LogP contribution in [0.25, 0.3) is 0 Å². The van der Waals surface area contributed by atoms with Crippen LogP contribution >= 0.6 is 0 Å². The van der Waals surface area contributed by atoms with Gasteiger partial charge in [-0.25, -0.2) is 0 Å². The largest absolute Gasteiger partial charge is 0.378 e. The van der Waals surface area contributed by atoms with Crippen LogP contribution in [0, 0.1) is 5.92 Å². The summed E-state index contributed by atoms with van der Waals surface area (Å²) in [6.45, 7) is 3.22. The Balaban J connectivity index is 1.72. The quantitative estimate of drug-likeness (QED) is 0.832. The molecule has 0 spiro atoms. The van der Waals surface area contributed by atoms with Crippen molar-refractivity contribution in [2.45, 2.75) is 51.2 Å². The van der Waals surface area contributed by atoms with Crippen molar-refractivity contribution in [3.63, 3.8) is 0 Å². The van der Waals surface area contributed by atoms with Gasteiger partial charge in [0.1, 0.15) is 0 Å². The summed E-state index contributed by atoms with van der Waals surface area (Å²) >= 11 is 0. The molecule has 1 aliphatic rings. The summed E-state index contributed by atoms with van der Waals surface area (Å²) in [4.78, 5) is 0. The van der Waals surface area contributed by atoms with Crippen LogP contribution in [0.5, 0.6) is 0 Å². The van der Waals surface area contributed by atoms with Gasteiger partial charge >= 0.3 is 0 Å². The Bertz CT molecular complexity index is 332. The van der Waals surface area contributed by atoms with E-state index in [0.717, 1.165) is 6.61 Å². The molecule has 2 nitrogen and oxygen atoms in total. The summed E-state index contributed by atoms with van der Waals surface area (Å²) < 4.78 is 5.65. The summed E-state index contributed by atoms with van der Waals surface area (Å²) in [6.07, 6.45) is 6.63. The molecule has 3 unspecified atom stereocenters. The van der Waals surface area contributed by atoms with Gasteiger partial charge in [-0.2, -0.15) is 0 Å². The van der Waals surface area contributed by atoms with E-state index in [2.05, 4.69) is 31.2 Å². The molecular weight excluding hydrogens is 222 g/mol. The summed E-state index contributed by atoms with van der Waals surface area (Å²) in [5.41, 5.74) is 7.55. The van der Waals surface area contributed by atoms with Crippen LogP contribution in [0.3, 0.4) is 0 Å². The van der Waals surface area contributed by atoms with E-state index in [1.54, 1.807) is 0 Å². The molecule has 2 N–H and O–H groups in total. The van der Waals surface area contributed by atoms with Gasteiger partial charge in [0.25, 0.3) is 0 Å². The van der Waals surface area contributed by atoms with E-state index in [1.807, 2.05) is 6.07 Å². The van der Waals surface area contributed by atoms with Crippen LogP contribution < -0.4 is 5.73 Å². The number of ether oxygens (including phenoxy) is 1. The van der Waals surface area contributed by atoms with Gasteiger partial charge in [-0.3, -0.25) is 0 Å². The van der Waals surface area contributed by atoms with Crippen LogP contribution in [0.15, 0.2) is 30.3 Å². The predicted octanol–water partition coefficient (Wildman–Crippen LogP) is 3.67. The van der Waals surface area contributed by atoms with E-state index in [0.29, 0.717) is 12.0 Å². The minimum absolute atomic E-state index is 0.163. The lowest BCUT2D eigenvalue weighted by molar-refractivity contribution is 0.100. The molecule has 1 aliphatic heterocycles. The molecule has 2 rings (SSSR count). The zero-order valence-corrected chi connectivity index (χ0v) is 11.3. The Kier molecular flexibility index (Phi) is 5.21. The highest BCUT2D eigenvalue weighted by atomic mass is 16.5. The second-order valence-electron chi connectivity index (χ2n) is 5.48. The number of benzene rings is 1. The van der Waals surface area contributed by atoms with Crippen molar-refractivity contribution in [3.05, 3.63) is 35.9 Å². The SMILES string of the molecule is CC(CCCC1CCCO1)C(N)c1ccccc1. The first kappa shape index (κ1) is 13.6. The maximum absolute atomic E-state index is 6.30. The summed E-state index contributed by atoms with van der Waals surface area (Å²) in [5.74, 6) is 0.536. The highest BCUT2D eigenvalue weighted by molar-refractivity contribution is 5.18. The van der Waals surface area contributed by atoms with Crippen molar-refractivity contribution in [2.75, 3.05) is 6.61 Å². The average Bonchev–Trinajstić information content (AvgIpc) is 2.92. The third-order valence-corrected chi connectivity index (χ3v) is 4.01. The summed E-state index contributed by atoms with van der Waals surface area (Å²) in [6, 6.07) is 10.6. The maximum atomic E-state index is 6.30. The van der Waals surface area contributed by atoms with Gasteiger partial charge in [-0.1, -0.05) is 43.7 Å². The lowest BCUT2D eigenvalue weighted by Crippen LogP contribution is -2.19. The molecule has 0 amide bonds. The van der Waals surface area contributed by atoms with Crippen LogP contribution in [0.1, 0.15) is 50.6 Å². The molecule has 0 radical (unpaired) electrons. The lowest BCUT2D eigenvalue weighted by atomic mass is 9.90. The number of hydrogen-bond acceptors (Lipinski definition) is 2. The minimum atomic E-state index is 0.163. The normalized spacial score (nSPS) is 22.9. The highest BCUT2D eigenvalue weighted by Gasteiger charge is 2.18. The molecule has 1 heterocycles. The molecule has 0 aromatic heterocycles. The predicted molar refractivity (Wildman–Crippen MR) is 75.4 cm³/mol. The van der Waals surface area contributed by atoms with E-state index in [4.69, 9.17) is 10.5 Å². The average molecular weight is 247 g/mol. The maximum Gasteiger partial charge on any atom is 0.0576 e. The molecule has 1 aromatic rings. The smallest absolute Gasteiger partial charge is 0.0576 e. The van der Waals surface area contributed by atoms with Crippen molar-refractivity contribution in [1.82, 2.24) is 0 Å². The molecule has 1 aromatic carbocycles. The van der Waals surface area contributed by atoms with Gasteiger partial charge < -0.3 is 10.5 Å². The third-order valence-electron chi connectivity index (χ3n) is 4.01. The first-order valence-corrected chi connectivity index (χ1v) is 7.19. The molecule has 3 atom stereocenters. The Morgan fingerprint density at radius 3 is 2.78 bits per heavy atom. The Hall–Kier alpha value is -0.860. The molecule has 18 heavy (non-hydrogen) atoms. The van der Waals surface area contributed by atoms with E-state index in [1.165, 1.54) is 37.7 Å². The van der Waals surface area contributed by atoms with Crippen LogP contribution in [0.2, 0.25) is 0 Å². The van der Waals surface area contributed by atoms with E-state index in [9.17, 15) is 0 Å². The van der Waals surface area contributed by atoms with Gasteiger partial charge in [-0.05, 0) is 37.2 Å². The monoisotopic (exact) mass is 247 g/mol. The fourth-order valence-corrected chi connectivity index (χ4v) is 2.72. The van der Waals surface area contributed by atoms with Crippen LogP contribution in [-0.2, 0) is 4.74 Å². The number of nitrogens with two attached hydrogens (primary N) is 1. The Morgan fingerprint density at radius 2 is 2.11 bits per heavy atom. The standard InChI is InChI=1S/C16H25NO/c1-13(7-5-10-15-11-6-12-18-15)16(17)14-8-3-2-4-9-14/h2-4,8-9,13,15-16H,5-7,10-12,17H2,1H3. The van der Waals surface area contributed by atoms with Crippen molar-refractivity contribution >= 4 is 0 Å². The van der Waals surface area contributed by atoms with Gasteiger partial charge in [0, 0.05) is 12.6 Å². The molecule has 1 fully saturated rings. The summed E-state index contributed by atoms with van der Waals surface area (Å²) in [5, 5.41) is 0. The highest BCUT2D eigenvalue weighted by Crippen LogP contribution is 2.25. The van der Waals surface area contributed by atoms with Crippen molar-refractivity contribution in [3.8, 4) is 0 Å². The van der Waals surface area contributed by atoms with E-state index in [-0.39, 0.29) is 6.04 Å². The molecule has 100 valence electrons. The fraction of sp³-hybridized carbons (Fsp3) is 0.625. The Labute approximate surface area is 111 Å². The van der Waals surface area contributed by atoms with Gasteiger partial charge in [0.05, 0.1) is 6.10 Å². The van der Waals surface area contributed by atoms with E-state index < -0.39 is 0 Å². The topological polar surface area (TPSA) is 35.2 Å². The second-order valence-corrected chi connectivity index (χ2v) is 5.48. The molecule has 0 bridgehead atoms. The lowest BCUT2D eigenvalue weighted by Gasteiger charge is -2.20. The molecule has 0 saturated carbocycles. The minimum Gasteiger partial charge on any atom is -0.378 e. The van der Waals surface area contributed by atoms with Gasteiger partial charge in [0.2, 0.25) is 0 Å². The van der Waals surface area contributed by atoms with Gasteiger partial charge in [0.15, 0.2) is 0 Å². The zero-order valence-electron chi connectivity index (χ0n) is 11.3. The van der Waals surface area contributed by atoms with Gasteiger partial charge in [-0.15, -0.1) is 0 Å². The number of hydrogen-bond donors (Lipinski definition) is 1. The van der Waals surface area contributed by atoms with Crippen molar-refractivity contribution in [1.29, 1.82) is 0 Å². The third kappa shape index (κ3) is 3.82. The zero-order chi connectivity index (χ0) is 12.8. The molecule has 1 saturated heterocycles. The molecular formula is C16H25NO. The van der Waals surface area contributed by atoms with Crippen LogP contribution in [-0.4, -0.2) is 12.7 Å². The molecule has 2 heteroatoms. The first-order valence-electron chi connectivity index (χ1n) is 7.19. The molecule has 0 aliphatic carbocycles. The second kappa shape index (κ2) is 6.91. The first-order chi connectivity index (χ1) is 8.77. The van der Waals surface area contributed by atoms with Crippen LogP contribution in [0.4, 0.5) is 0 Å².